The summed E-state index contributed by atoms with van der Waals surface area (Å²) in [6.07, 6.45) is 2.70. The van der Waals surface area contributed by atoms with Crippen molar-refractivity contribution in [2.45, 2.75) is 25.4 Å². The lowest BCUT2D eigenvalue weighted by Gasteiger charge is -2.17. The first-order valence-electron chi connectivity index (χ1n) is 5.85. The van der Waals surface area contributed by atoms with Crippen LogP contribution in [-0.4, -0.2) is 24.0 Å². The topological polar surface area (TPSA) is 55.1 Å². The van der Waals surface area contributed by atoms with Crippen molar-refractivity contribution in [3.63, 3.8) is 0 Å². The van der Waals surface area contributed by atoms with Gasteiger partial charge in [0, 0.05) is 5.02 Å². The fourth-order valence-corrected chi connectivity index (χ4v) is 2.15. The minimum absolute atomic E-state index is 0.0601. The number of rotatable bonds is 6. The molecule has 0 aliphatic heterocycles. The molecule has 0 unspecified atom stereocenters. The molecule has 0 spiro atoms. The fourth-order valence-electron chi connectivity index (χ4n) is 1.53. The molecule has 0 radical (unpaired) electrons. The van der Waals surface area contributed by atoms with E-state index in [1.54, 1.807) is 11.8 Å². The number of carbonyl (C=O) groups is 1. The van der Waals surface area contributed by atoms with Crippen molar-refractivity contribution in [2.24, 2.45) is 5.73 Å². The molecule has 0 saturated heterocycles. The number of hydrogen-bond acceptors (Lipinski definition) is 3. The Balaban J connectivity index is 2.51. The monoisotopic (exact) mass is 286 g/mol. The van der Waals surface area contributed by atoms with Crippen molar-refractivity contribution in [1.29, 1.82) is 0 Å². The minimum Gasteiger partial charge on any atom is -0.348 e. The summed E-state index contributed by atoms with van der Waals surface area (Å²) in [6.45, 7) is 1.93. The standard InChI is InChI=1S/C13H19ClN2OS/c1-9(10-3-5-11(14)6-4-10)16-13(17)12(15)7-8-18-2/h3-6,9,12H,7-8,15H2,1-2H3,(H,16,17)/t9-,12+/m0/s1. The maximum absolute atomic E-state index is 11.8. The van der Waals surface area contributed by atoms with E-state index in [2.05, 4.69) is 5.32 Å². The summed E-state index contributed by atoms with van der Waals surface area (Å²) in [5.74, 6) is 0.788. The molecule has 18 heavy (non-hydrogen) atoms. The van der Waals surface area contributed by atoms with E-state index in [1.807, 2.05) is 37.4 Å². The highest BCUT2D eigenvalue weighted by molar-refractivity contribution is 7.98. The van der Waals surface area contributed by atoms with Gasteiger partial charge in [-0.25, -0.2) is 0 Å². The van der Waals surface area contributed by atoms with Gasteiger partial charge in [0.15, 0.2) is 0 Å². The van der Waals surface area contributed by atoms with Crippen molar-refractivity contribution in [1.82, 2.24) is 5.32 Å². The van der Waals surface area contributed by atoms with Crippen LogP contribution < -0.4 is 11.1 Å². The van der Waals surface area contributed by atoms with Crippen LogP contribution in [0.15, 0.2) is 24.3 Å². The SMILES string of the molecule is CSCC[C@@H](N)C(=O)N[C@@H](C)c1ccc(Cl)cc1. The quantitative estimate of drug-likeness (QED) is 0.845. The van der Waals surface area contributed by atoms with Gasteiger partial charge >= 0.3 is 0 Å². The summed E-state index contributed by atoms with van der Waals surface area (Å²) in [4.78, 5) is 11.8. The molecule has 2 atom stereocenters. The molecule has 0 aliphatic rings. The van der Waals surface area contributed by atoms with Crippen molar-refractivity contribution in [3.8, 4) is 0 Å². The van der Waals surface area contributed by atoms with E-state index in [0.29, 0.717) is 11.4 Å². The highest BCUT2D eigenvalue weighted by atomic mass is 35.5. The Labute approximate surface area is 117 Å². The molecule has 1 amide bonds. The zero-order valence-electron chi connectivity index (χ0n) is 10.7. The predicted molar refractivity (Wildman–Crippen MR) is 79.0 cm³/mol. The van der Waals surface area contributed by atoms with Crippen LogP contribution in [0.3, 0.4) is 0 Å². The number of benzene rings is 1. The van der Waals surface area contributed by atoms with Gasteiger partial charge in [0.1, 0.15) is 0 Å². The van der Waals surface area contributed by atoms with Crippen LogP contribution in [0.25, 0.3) is 0 Å². The maximum atomic E-state index is 11.8. The Kier molecular flexibility index (Phi) is 6.54. The van der Waals surface area contributed by atoms with Gasteiger partial charge in [-0.2, -0.15) is 11.8 Å². The molecular formula is C13H19ClN2OS. The second kappa shape index (κ2) is 7.67. The van der Waals surface area contributed by atoms with E-state index in [-0.39, 0.29) is 11.9 Å². The molecule has 0 aromatic heterocycles. The molecule has 100 valence electrons. The molecule has 1 aromatic carbocycles. The molecule has 0 heterocycles. The first-order chi connectivity index (χ1) is 8.54. The lowest BCUT2D eigenvalue weighted by atomic mass is 10.1. The van der Waals surface area contributed by atoms with E-state index in [0.717, 1.165) is 11.3 Å². The average molecular weight is 287 g/mol. The molecule has 3 nitrogen and oxygen atoms in total. The van der Waals surface area contributed by atoms with Crippen LogP contribution in [0.5, 0.6) is 0 Å². The summed E-state index contributed by atoms with van der Waals surface area (Å²) in [5.41, 5.74) is 6.83. The van der Waals surface area contributed by atoms with Gasteiger partial charge in [-0.1, -0.05) is 23.7 Å². The summed E-state index contributed by atoms with van der Waals surface area (Å²) in [7, 11) is 0. The van der Waals surface area contributed by atoms with Gasteiger partial charge in [-0.3, -0.25) is 4.79 Å². The van der Waals surface area contributed by atoms with Crippen molar-refractivity contribution in [2.75, 3.05) is 12.0 Å². The Hall–Kier alpha value is -0.710. The fraction of sp³-hybridized carbons (Fsp3) is 0.462. The zero-order chi connectivity index (χ0) is 13.5. The molecule has 1 aromatic rings. The lowest BCUT2D eigenvalue weighted by Crippen LogP contribution is -2.41. The summed E-state index contributed by atoms with van der Waals surface area (Å²) in [5, 5.41) is 3.60. The van der Waals surface area contributed by atoms with E-state index in [4.69, 9.17) is 17.3 Å². The third-order valence-corrected chi connectivity index (χ3v) is 3.59. The highest BCUT2D eigenvalue weighted by Crippen LogP contribution is 2.16. The molecule has 3 N–H and O–H groups in total. The first kappa shape index (κ1) is 15.3. The zero-order valence-corrected chi connectivity index (χ0v) is 12.2. The molecule has 0 bridgehead atoms. The Bertz CT molecular complexity index is 383. The second-order valence-corrected chi connectivity index (χ2v) is 5.59. The van der Waals surface area contributed by atoms with Gasteiger partial charge < -0.3 is 11.1 Å². The summed E-state index contributed by atoms with van der Waals surface area (Å²) >= 11 is 7.51. The molecule has 0 aliphatic carbocycles. The Morgan fingerprint density at radius 1 is 1.44 bits per heavy atom. The molecule has 1 rings (SSSR count). The normalized spacial score (nSPS) is 14.0. The Morgan fingerprint density at radius 2 is 2.06 bits per heavy atom. The van der Waals surface area contributed by atoms with Crippen molar-refractivity contribution < 1.29 is 4.79 Å². The van der Waals surface area contributed by atoms with Gasteiger partial charge in [-0.05, 0) is 43.0 Å². The summed E-state index contributed by atoms with van der Waals surface area (Å²) in [6, 6.07) is 6.93. The number of carbonyl (C=O) groups excluding carboxylic acids is 1. The average Bonchev–Trinajstić information content (AvgIpc) is 2.36. The van der Waals surface area contributed by atoms with Crippen LogP contribution in [0.1, 0.15) is 24.9 Å². The van der Waals surface area contributed by atoms with Gasteiger partial charge in [-0.15, -0.1) is 0 Å². The van der Waals surface area contributed by atoms with Gasteiger partial charge in [0.05, 0.1) is 12.1 Å². The smallest absolute Gasteiger partial charge is 0.237 e. The largest absolute Gasteiger partial charge is 0.348 e. The number of hydrogen-bond donors (Lipinski definition) is 2. The first-order valence-corrected chi connectivity index (χ1v) is 7.62. The van der Waals surface area contributed by atoms with Crippen LogP contribution in [0.2, 0.25) is 5.02 Å². The van der Waals surface area contributed by atoms with Crippen molar-refractivity contribution in [3.05, 3.63) is 34.9 Å². The number of amides is 1. The van der Waals surface area contributed by atoms with Gasteiger partial charge in [0.2, 0.25) is 5.91 Å². The third kappa shape index (κ3) is 4.88. The highest BCUT2D eigenvalue weighted by Gasteiger charge is 2.15. The Morgan fingerprint density at radius 3 is 2.61 bits per heavy atom. The van der Waals surface area contributed by atoms with Crippen LogP contribution in [-0.2, 0) is 4.79 Å². The van der Waals surface area contributed by atoms with Gasteiger partial charge in [0.25, 0.3) is 0 Å². The van der Waals surface area contributed by atoms with E-state index >= 15 is 0 Å². The molecule has 5 heteroatoms. The van der Waals surface area contributed by atoms with Crippen LogP contribution in [0, 0.1) is 0 Å². The van der Waals surface area contributed by atoms with E-state index in [1.165, 1.54) is 0 Å². The minimum atomic E-state index is -0.438. The van der Waals surface area contributed by atoms with E-state index < -0.39 is 6.04 Å². The third-order valence-electron chi connectivity index (χ3n) is 2.70. The maximum Gasteiger partial charge on any atom is 0.237 e. The summed E-state index contributed by atoms with van der Waals surface area (Å²) < 4.78 is 0. The lowest BCUT2D eigenvalue weighted by molar-refractivity contribution is -0.123. The number of halogens is 1. The van der Waals surface area contributed by atoms with E-state index in [9.17, 15) is 4.79 Å². The molecule has 0 fully saturated rings. The van der Waals surface area contributed by atoms with Crippen LogP contribution >= 0.6 is 23.4 Å². The number of nitrogens with two attached hydrogens (primary N) is 1. The molecule has 0 saturated carbocycles. The number of thioether (sulfide) groups is 1. The number of nitrogens with one attached hydrogen (secondary N) is 1. The second-order valence-electron chi connectivity index (χ2n) is 4.17. The van der Waals surface area contributed by atoms with Crippen LogP contribution in [0.4, 0.5) is 0 Å². The molecular weight excluding hydrogens is 268 g/mol. The predicted octanol–water partition coefficient (Wildman–Crippen LogP) is 2.60. The van der Waals surface area contributed by atoms with Crippen molar-refractivity contribution >= 4 is 29.3 Å².